The number of thiophene rings is 1. The molecular weight excluding hydrogens is 299 g/mol. The highest BCUT2D eigenvalue weighted by molar-refractivity contribution is 7.16. The number of nitrogens with zero attached hydrogens (tertiary/aromatic N) is 1. The fourth-order valence-corrected chi connectivity index (χ4v) is 2.92. The normalized spacial score (nSPS) is 10.8. The Morgan fingerprint density at radius 2 is 2.10 bits per heavy atom. The first kappa shape index (κ1) is 15.0. The van der Waals surface area contributed by atoms with Crippen molar-refractivity contribution in [2.24, 2.45) is 0 Å². The molecule has 3 nitrogen and oxygen atoms in total. The van der Waals surface area contributed by atoms with Crippen LogP contribution in [0.15, 0.2) is 36.4 Å². The number of carbonyl (C=O) groups is 1. The third-order valence-electron chi connectivity index (χ3n) is 2.62. The number of likely N-dealkylation sites (N-methyl/N-ethyl adjacent to an activating group) is 1. The standard InChI is InChI=1S/C14H14ClFN2OS/c1-18(8-10-6-7-13(15)20-10)9-14(19)17-12-5-3-2-4-11(12)16/h2-7H,8-9H2,1H3,(H,17,19). The molecule has 0 saturated carbocycles. The maximum atomic E-state index is 13.4. The van der Waals surface area contributed by atoms with Crippen LogP contribution in [0.5, 0.6) is 0 Å². The second-order valence-corrected chi connectivity index (χ2v) is 6.21. The lowest BCUT2D eigenvalue weighted by atomic mass is 10.3. The van der Waals surface area contributed by atoms with E-state index in [0.29, 0.717) is 6.54 Å². The minimum absolute atomic E-state index is 0.184. The lowest BCUT2D eigenvalue weighted by molar-refractivity contribution is -0.117. The van der Waals surface area contributed by atoms with Crippen LogP contribution >= 0.6 is 22.9 Å². The van der Waals surface area contributed by atoms with Crippen LogP contribution in [0.2, 0.25) is 4.34 Å². The van der Waals surface area contributed by atoms with Gasteiger partial charge < -0.3 is 5.32 Å². The van der Waals surface area contributed by atoms with Crippen LogP contribution in [-0.2, 0) is 11.3 Å². The Morgan fingerprint density at radius 3 is 2.75 bits per heavy atom. The summed E-state index contributed by atoms with van der Waals surface area (Å²) in [6, 6.07) is 9.86. The zero-order valence-electron chi connectivity index (χ0n) is 10.9. The fourth-order valence-electron chi connectivity index (χ4n) is 1.76. The van der Waals surface area contributed by atoms with Crippen molar-refractivity contribution < 1.29 is 9.18 Å². The molecule has 1 N–H and O–H groups in total. The van der Waals surface area contributed by atoms with Gasteiger partial charge in [-0.25, -0.2) is 4.39 Å². The van der Waals surface area contributed by atoms with Crippen LogP contribution in [0.1, 0.15) is 4.88 Å². The van der Waals surface area contributed by atoms with E-state index in [1.54, 1.807) is 12.1 Å². The van der Waals surface area contributed by atoms with Gasteiger partial charge >= 0.3 is 0 Å². The first-order valence-corrected chi connectivity index (χ1v) is 7.21. The predicted octanol–water partition coefficient (Wildman–Crippen LogP) is 3.61. The molecular formula is C14H14ClFN2OS. The van der Waals surface area contributed by atoms with Gasteiger partial charge in [0.25, 0.3) is 0 Å². The molecule has 0 fully saturated rings. The molecule has 2 rings (SSSR count). The van der Waals surface area contributed by atoms with Gasteiger partial charge in [-0.1, -0.05) is 23.7 Å². The number of hydrogen-bond donors (Lipinski definition) is 1. The largest absolute Gasteiger partial charge is 0.322 e. The van der Waals surface area contributed by atoms with E-state index < -0.39 is 5.82 Å². The molecule has 0 aliphatic carbocycles. The third kappa shape index (κ3) is 4.30. The van der Waals surface area contributed by atoms with Crippen molar-refractivity contribution in [1.29, 1.82) is 0 Å². The second kappa shape index (κ2) is 6.83. The zero-order valence-corrected chi connectivity index (χ0v) is 12.5. The SMILES string of the molecule is CN(CC(=O)Nc1ccccc1F)Cc1ccc(Cl)s1. The summed E-state index contributed by atoms with van der Waals surface area (Å²) in [4.78, 5) is 14.8. The van der Waals surface area contributed by atoms with Gasteiger partial charge in [0.2, 0.25) is 5.91 Å². The highest BCUT2D eigenvalue weighted by Gasteiger charge is 2.10. The molecule has 0 unspecified atom stereocenters. The predicted molar refractivity (Wildman–Crippen MR) is 80.7 cm³/mol. The number of hydrogen-bond acceptors (Lipinski definition) is 3. The van der Waals surface area contributed by atoms with Gasteiger partial charge in [0, 0.05) is 11.4 Å². The monoisotopic (exact) mass is 312 g/mol. The summed E-state index contributed by atoms with van der Waals surface area (Å²) in [5, 5.41) is 2.55. The number of para-hydroxylation sites is 1. The summed E-state index contributed by atoms with van der Waals surface area (Å²) >= 11 is 7.34. The Bertz CT molecular complexity index is 602. The van der Waals surface area contributed by atoms with Crippen molar-refractivity contribution in [3.63, 3.8) is 0 Å². The number of halogens is 2. The Kier molecular flexibility index (Phi) is 5.11. The number of anilines is 1. The van der Waals surface area contributed by atoms with Gasteiger partial charge in [-0.15, -0.1) is 11.3 Å². The van der Waals surface area contributed by atoms with E-state index >= 15 is 0 Å². The molecule has 0 atom stereocenters. The number of benzene rings is 1. The summed E-state index contributed by atoms with van der Waals surface area (Å²) < 4.78 is 14.1. The maximum Gasteiger partial charge on any atom is 0.238 e. The molecule has 0 spiro atoms. The molecule has 6 heteroatoms. The summed E-state index contributed by atoms with van der Waals surface area (Å²) in [7, 11) is 1.83. The zero-order chi connectivity index (χ0) is 14.5. The van der Waals surface area contributed by atoms with Gasteiger partial charge in [0.1, 0.15) is 5.82 Å². The average molecular weight is 313 g/mol. The van der Waals surface area contributed by atoms with Gasteiger partial charge in [0.15, 0.2) is 0 Å². The van der Waals surface area contributed by atoms with Crippen molar-refractivity contribution in [3.05, 3.63) is 51.4 Å². The second-order valence-electron chi connectivity index (χ2n) is 4.41. The van der Waals surface area contributed by atoms with E-state index in [4.69, 9.17) is 11.6 Å². The molecule has 0 aliphatic heterocycles. The molecule has 1 amide bonds. The van der Waals surface area contributed by atoms with Crippen LogP contribution in [-0.4, -0.2) is 24.4 Å². The number of rotatable bonds is 5. The summed E-state index contributed by atoms with van der Waals surface area (Å²) in [6.07, 6.45) is 0. The number of nitrogens with one attached hydrogen (secondary N) is 1. The molecule has 0 bridgehead atoms. The van der Waals surface area contributed by atoms with Crippen LogP contribution in [0.3, 0.4) is 0 Å². The van der Waals surface area contributed by atoms with E-state index in [0.717, 1.165) is 9.21 Å². The van der Waals surface area contributed by atoms with Crippen molar-refractivity contribution in [1.82, 2.24) is 4.90 Å². The molecule has 1 aromatic carbocycles. The number of carbonyl (C=O) groups excluding carboxylic acids is 1. The van der Waals surface area contributed by atoms with Crippen molar-refractivity contribution in [2.45, 2.75) is 6.54 Å². The van der Waals surface area contributed by atoms with Gasteiger partial charge in [-0.3, -0.25) is 9.69 Å². The van der Waals surface area contributed by atoms with Gasteiger partial charge in [-0.05, 0) is 31.3 Å². The molecule has 0 aliphatic rings. The first-order valence-electron chi connectivity index (χ1n) is 6.02. The Balaban J connectivity index is 1.86. The molecule has 1 heterocycles. The van der Waals surface area contributed by atoms with E-state index in [9.17, 15) is 9.18 Å². The molecule has 106 valence electrons. The van der Waals surface area contributed by atoms with E-state index in [1.807, 2.05) is 24.1 Å². The van der Waals surface area contributed by atoms with E-state index in [-0.39, 0.29) is 18.1 Å². The van der Waals surface area contributed by atoms with Gasteiger partial charge in [0.05, 0.1) is 16.6 Å². The molecule has 20 heavy (non-hydrogen) atoms. The first-order chi connectivity index (χ1) is 9.54. The Labute approximate surface area is 126 Å². The minimum atomic E-state index is -0.437. The summed E-state index contributed by atoms with van der Waals surface area (Å²) in [6.45, 7) is 0.811. The fraction of sp³-hybridized carbons (Fsp3) is 0.214. The smallest absolute Gasteiger partial charge is 0.238 e. The topological polar surface area (TPSA) is 32.3 Å². The maximum absolute atomic E-state index is 13.4. The molecule has 2 aromatic rings. The lowest BCUT2D eigenvalue weighted by Crippen LogP contribution is -2.29. The van der Waals surface area contributed by atoms with Crippen molar-refractivity contribution >= 4 is 34.5 Å². The van der Waals surface area contributed by atoms with Crippen LogP contribution < -0.4 is 5.32 Å². The van der Waals surface area contributed by atoms with Crippen LogP contribution in [0.4, 0.5) is 10.1 Å². The number of amides is 1. The summed E-state index contributed by atoms with van der Waals surface area (Å²) in [5.74, 6) is -0.686. The molecule has 0 saturated heterocycles. The average Bonchev–Trinajstić information content (AvgIpc) is 2.77. The Morgan fingerprint density at radius 1 is 1.35 bits per heavy atom. The Hall–Kier alpha value is -1.43. The quantitative estimate of drug-likeness (QED) is 0.914. The van der Waals surface area contributed by atoms with Crippen molar-refractivity contribution in [2.75, 3.05) is 18.9 Å². The highest BCUT2D eigenvalue weighted by Crippen LogP contribution is 2.22. The molecule has 0 radical (unpaired) electrons. The summed E-state index contributed by atoms with van der Waals surface area (Å²) in [5.41, 5.74) is 0.199. The van der Waals surface area contributed by atoms with Gasteiger partial charge in [-0.2, -0.15) is 0 Å². The van der Waals surface area contributed by atoms with Crippen LogP contribution in [0.25, 0.3) is 0 Å². The molecule has 1 aromatic heterocycles. The minimum Gasteiger partial charge on any atom is -0.322 e. The highest BCUT2D eigenvalue weighted by atomic mass is 35.5. The third-order valence-corrected chi connectivity index (χ3v) is 3.83. The lowest BCUT2D eigenvalue weighted by Gasteiger charge is -2.15. The van der Waals surface area contributed by atoms with Crippen LogP contribution in [0, 0.1) is 5.82 Å². The van der Waals surface area contributed by atoms with E-state index in [2.05, 4.69) is 5.32 Å². The van der Waals surface area contributed by atoms with E-state index in [1.165, 1.54) is 23.5 Å². The van der Waals surface area contributed by atoms with Crippen molar-refractivity contribution in [3.8, 4) is 0 Å².